The molecule has 1 saturated heterocycles. The van der Waals surface area contributed by atoms with Crippen LogP contribution in [0.2, 0.25) is 0 Å². The van der Waals surface area contributed by atoms with Crippen LogP contribution < -0.4 is 0 Å². The molecule has 3 nitrogen and oxygen atoms in total. The van der Waals surface area contributed by atoms with Gasteiger partial charge in [0.1, 0.15) is 0 Å². The van der Waals surface area contributed by atoms with E-state index in [2.05, 4.69) is 0 Å². The number of hydrogen-bond acceptors (Lipinski definition) is 2. The fourth-order valence-electron chi connectivity index (χ4n) is 3.22. The molecule has 0 aromatic heterocycles. The molecule has 1 heterocycles. The lowest BCUT2D eigenvalue weighted by Gasteiger charge is -2.32. The molecule has 0 spiro atoms. The van der Waals surface area contributed by atoms with Crippen molar-refractivity contribution in [3.8, 4) is 0 Å². The van der Waals surface area contributed by atoms with E-state index in [1.807, 2.05) is 0 Å². The standard InChI is InChI=1S/C12H22ClNO2S/c1-17(15,16)14-6-2-3-11(9-14)7-10-4-5-12(13)8-10/h10-12H,2-9H2,1H3. The molecule has 1 saturated carbocycles. The van der Waals surface area contributed by atoms with Crippen LogP contribution >= 0.6 is 11.6 Å². The summed E-state index contributed by atoms with van der Waals surface area (Å²) < 4.78 is 24.7. The molecule has 100 valence electrons. The van der Waals surface area contributed by atoms with Crippen LogP contribution in [0.4, 0.5) is 0 Å². The minimum atomic E-state index is -3.00. The third kappa shape index (κ3) is 3.83. The van der Waals surface area contributed by atoms with Crippen LogP contribution in [0.3, 0.4) is 0 Å². The Kier molecular flexibility index (Phi) is 4.37. The van der Waals surface area contributed by atoms with Gasteiger partial charge >= 0.3 is 0 Å². The minimum Gasteiger partial charge on any atom is -0.213 e. The smallest absolute Gasteiger partial charge is 0.211 e. The lowest BCUT2D eigenvalue weighted by Crippen LogP contribution is -2.39. The first-order valence-electron chi connectivity index (χ1n) is 6.54. The Morgan fingerprint density at radius 2 is 2.00 bits per heavy atom. The van der Waals surface area contributed by atoms with Crippen molar-refractivity contribution in [2.75, 3.05) is 19.3 Å². The van der Waals surface area contributed by atoms with Gasteiger partial charge in [-0.2, -0.15) is 0 Å². The van der Waals surface area contributed by atoms with Gasteiger partial charge < -0.3 is 0 Å². The Labute approximate surface area is 110 Å². The number of rotatable bonds is 3. The average Bonchev–Trinajstić information content (AvgIpc) is 2.63. The average molecular weight is 280 g/mol. The fourth-order valence-corrected chi connectivity index (χ4v) is 4.54. The topological polar surface area (TPSA) is 37.4 Å². The van der Waals surface area contributed by atoms with E-state index in [4.69, 9.17) is 11.6 Å². The summed E-state index contributed by atoms with van der Waals surface area (Å²) in [7, 11) is -3.00. The van der Waals surface area contributed by atoms with Crippen molar-refractivity contribution in [3.63, 3.8) is 0 Å². The number of halogens is 1. The van der Waals surface area contributed by atoms with E-state index in [9.17, 15) is 8.42 Å². The molecule has 2 rings (SSSR count). The molecule has 0 radical (unpaired) electrons. The van der Waals surface area contributed by atoms with Gasteiger partial charge in [0.2, 0.25) is 10.0 Å². The monoisotopic (exact) mass is 279 g/mol. The zero-order valence-corrected chi connectivity index (χ0v) is 12.0. The summed E-state index contributed by atoms with van der Waals surface area (Å²) in [6.07, 6.45) is 8.15. The maximum absolute atomic E-state index is 11.5. The van der Waals surface area contributed by atoms with Gasteiger partial charge in [0.25, 0.3) is 0 Å². The summed E-state index contributed by atoms with van der Waals surface area (Å²) in [6, 6.07) is 0. The highest BCUT2D eigenvalue weighted by molar-refractivity contribution is 7.88. The molecule has 5 heteroatoms. The van der Waals surface area contributed by atoms with Crippen LogP contribution in [0.25, 0.3) is 0 Å². The highest BCUT2D eigenvalue weighted by Crippen LogP contribution is 2.36. The first-order chi connectivity index (χ1) is 7.95. The molecule has 0 amide bonds. The van der Waals surface area contributed by atoms with Crippen molar-refractivity contribution < 1.29 is 8.42 Å². The number of hydrogen-bond donors (Lipinski definition) is 0. The number of piperidine rings is 1. The Morgan fingerprint density at radius 3 is 2.59 bits per heavy atom. The zero-order valence-electron chi connectivity index (χ0n) is 10.4. The van der Waals surface area contributed by atoms with E-state index in [0.29, 0.717) is 17.8 Å². The largest absolute Gasteiger partial charge is 0.213 e. The Hall–Kier alpha value is 0.200. The lowest BCUT2D eigenvalue weighted by atomic mass is 9.88. The molecule has 0 aromatic rings. The Bertz CT molecular complexity index is 358. The van der Waals surface area contributed by atoms with Crippen LogP contribution in [0.15, 0.2) is 0 Å². The van der Waals surface area contributed by atoms with Gasteiger partial charge in [-0.05, 0) is 50.4 Å². The van der Waals surface area contributed by atoms with Gasteiger partial charge in [0.15, 0.2) is 0 Å². The second-order valence-corrected chi connectivity index (χ2v) is 8.24. The van der Waals surface area contributed by atoms with E-state index < -0.39 is 10.0 Å². The first-order valence-corrected chi connectivity index (χ1v) is 8.83. The second kappa shape index (κ2) is 5.45. The molecule has 1 aliphatic carbocycles. The summed E-state index contributed by atoms with van der Waals surface area (Å²) in [4.78, 5) is 0. The minimum absolute atomic E-state index is 0.356. The molecule has 0 aromatic carbocycles. The second-order valence-electron chi connectivity index (χ2n) is 5.64. The predicted octanol–water partition coefficient (Wildman–Crippen LogP) is 2.46. The van der Waals surface area contributed by atoms with Crippen LogP contribution in [0, 0.1) is 11.8 Å². The summed E-state index contributed by atoms with van der Waals surface area (Å²) in [5.41, 5.74) is 0. The third-order valence-electron chi connectivity index (χ3n) is 4.09. The fraction of sp³-hybridized carbons (Fsp3) is 1.00. The third-order valence-corrected chi connectivity index (χ3v) is 5.76. The Morgan fingerprint density at radius 1 is 1.24 bits per heavy atom. The molecule has 3 atom stereocenters. The number of nitrogens with zero attached hydrogens (tertiary/aromatic N) is 1. The van der Waals surface area contributed by atoms with Gasteiger partial charge in [-0.15, -0.1) is 11.6 Å². The van der Waals surface area contributed by atoms with Crippen molar-refractivity contribution in [2.45, 2.75) is 43.9 Å². The Balaban J connectivity index is 1.85. The highest BCUT2D eigenvalue weighted by atomic mass is 35.5. The molecule has 1 aliphatic heterocycles. The molecule has 2 aliphatic rings. The van der Waals surface area contributed by atoms with Gasteiger partial charge in [0, 0.05) is 18.5 Å². The maximum Gasteiger partial charge on any atom is 0.211 e. The molecular weight excluding hydrogens is 258 g/mol. The quantitative estimate of drug-likeness (QED) is 0.744. The van der Waals surface area contributed by atoms with Gasteiger partial charge in [-0.25, -0.2) is 12.7 Å². The normalized spacial score (nSPS) is 36.2. The van der Waals surface area contributed by atoms with Gasteiger partial charge in [-0.3, -0.25) is 0 Å². The van der Waals surface area contributed by atoms with Crippen LogP contribution in [-0.2, 0) is 10.0 Å². The van der Waals surface area contributed by atoms with Crippen molar-refractivity contribution >= 4 is 21.6 Å². The summed E-state index contributed by atoms with van der Waals surface area (Å²) in [5, 5.41) is 0.356. The SMILES string of the molecule is CS(=O)(=O)N1CCCC(CC2CCC(Cl)C2)C1. The van der Waals surface area contributed by atoms with Crippen LogP contribution in [-0.4, -0.2) is 37.4 Å². The van der Waals surface area contributed by atoms with Crippen LogP contribution in [0.5, 0.6) is 0 Å². The predicted molar refractivity (Wildman–Crippen MR) is 70.7 cm³/mol. The van der Waals surface area contributed by atoms with Crippen molar-refractivity contribution in [2.24, 2.45) is 11.8 Å². The van der Waals surface area contributed by atoms with E-state index in [1.54, 1.807) is 4.31 Å². The molecule has 17 heavy (non-hydrogen) atoms. The van der Waals surface area contributed by atoms with E-state index in [1.165, 1.54) is 19.1 Å². The van der Waals surface area contributed by atoms with E-state index >= 15 is 0 Å². The first kappa shape index (κ1) is 13.6. The molecule has 0 N–H and O–H groups in total. The molecular formula is C12H22ClNO2S. The number of alkyl halides is 1. The lowest BCUT2D eigenvalue weighted by molar-refractivity contribution is 0.231. The van der Waals surface area contributed by atoms with Crippen molar-refractivity contribution in [3.05, 3.63) is 0 Å². The highest BCUT2D eigenvalue weighted by Gasteiger charge is 2.30. The molecule has 0 bridgehead atoms. The number of sulfonamides is 1. The van der Waals surface area contributed by atoms with E-state index in [0.717, 1.165) is 38.1 Å². The zero-order chi connectivity index (χ0) is 12.5. The van der Waals surface area contributed by atoms with E-state index in [-0.39, 0.29) is 0 Å². The molecule has 2 fully saturated rings. The summed E-state index contributed by atoms with van der Waals surface area (Å²) in [6.45, 7) is 1.43. The van der Waals surface area contributed by atoms with Gasteiger partial charge in [0.05, 0.1) is 6.26 Å². The summed E-state index contributed by atoms with van der Waals surface area (Å²) in [5.74, 6) is 1.27. The van der Waals surface area contributed by atoms with Crippen LogP contribution in [0.1, 0.15) is 38.5 Å². The molecule has 3 unspecified atom stereocenters. The van der Waals surface area contributed by atoms with Crippen molar-refractivity contribution in [1.82, 2.24) is 4.31 Å². The van der Waals surface area contributed by atoms with Gasteiger partial charge in [-0.1, -0.05) is 0 Å². The van der Waals surface area contributed by atoms with Crippen molar-refractivity contribution in [1.29, 1.82) is 0 Å². The summed E-state index contributed by atoms with van der Waals surface area (Å²) >= 11 is 6.12. The maximum atomic E-state index is 11.5.